The summed E-state index contributed by atoms with van der Waals surface area (Å²) in [5.74, 6) is 5.67. The number of carbonyl (C=O) groups excluding carboxylic acids is 1. The number of carbonyl (C=O) groups is 1. The molecule has 1 saturated heterocycles. The van der Waals surface area contributed by atoms with Gasteiger partial charge in [-0.3, -0.25) is 18.9 Å². The lowest BCUT2D eigenvalue weighted by Gasteiger charge is -2.24. The Bertz CT molecular complexity index is 1430. The zero-order valence-electron chi connectivity index (χ0n) is 16.4. The van der Waals surface area contributed by atoms with Gasteiger partial charge in [0.1, 0.15) is 22.4 Å². The molecule has 4 aromatic rings. The van der Waals surface area contributed by atoms with E-state index in [-0.39, 0.29) is 11.0 Å². The van der Waals surface area contributed by atoms with Gasteiger partial charge in [0.15, 0.2) is 5.65 Å². The van der Waals surface area contributed by atoms with Crippen molar-refractivity contribution in [1.82, 2.24) is 24.3 Å². The molecule has 4 N–H and O–H groups in total. The summed E-state index contributed by atoms with van der Waals surface area (Å²) < 4.78 is 7.12. The minimum absolute atomic E-state index is 0.201. The fourth-order valence-electron chi connectivity index (χ4n) is 3.92. The van der Waals surface area contributed by atoms with Crippen LogP contribution in [0.25, 0.3) is 27.8 Å². The number of ether oxygens (including phenoxy) is 1. The quantitative estimate of drug-likeness (QED) is 0.426. The smallest absolute Gasteiger partial charge is 0.254 e. The van der Waals surface area contributed by atoms with Crippen molar-refractivity contribution in [3.8, 4) is 11.8 Å². The van der Waals surface area contributed by atoms with Crippen LogP contribution in [0, 0.1) is 18.8 Å². The number of nitrogens with two attached hydrogens (primary N) is 1. The van der Waals surface area contributed by atoms with Crippen LogP contribution in [0.1, 0.15) is 21.6 Å². The minimum atomic E-state index is -0.619. The van der Waals surface area contributed by atoms with Crippen molar-refractivity contribution in [2.24, 2.45) is 5.73 Å². The van der Waals surface area contributed by atoms with E-state index in [0.29, 0.717) is 40.1 Å². The molecular formula is C21H20N6O3. The monoisotopic (exact) mass is 404 g/mol. The first-order valence-electron chi connectivity index (χ1n) is 9.68. The van der Waals surface area contributed by atoms with Gasteiger partial charge in [-0.2, -0.15) is 0 Å². The number of aromatic amines is 2. The van der Waals surface area contributed by atoms with E-state index in [0.717, 1.165) is 31.9 Å². The van der Waals surface area contributed by atoms with E-state index >= 15 is 0 Å². The lowest BCUT2D eigenvalue weighted by atomic mass is 10.2. The number of benzene rings is 1. The number of nitrogens with one attached hydrogen (secondary N) is 2. The minimum Gasteiger partial charge on any atom is -0.379 e. The number of aryl methyl sites for hydroxylation is 1. The second-order valence-electron chi connectivity index (χ2n) is 7.33. The molecule has 9 nitrogen and oxygen atoms in total. The lowest BCUT2D eigenvalue weighted by Crippen LogP contribution is -2.36. The SMILES string of the molecule is Cc1ccc(=O)c2nc3c(C(N)=O)c4[nH]cc(C#CCN5CCOCC5)[nH]c4n3c12. The molecule has 9 heteroatoms. The largest absolute Gasteiger partial charge is 0.379 e. The molecule has 0 aliphatic carbocycles. The molecule has 3 aromatic heterocycles. The third-order valence-corrected chi connectivity index (χ3v) is 5.39. The number of aromatic nitrogens is 4. The second kappa shape index (κ2) is 7.02. The number of hydrogen-bond acceptors (Lipinski definition) is 5. The van der Waals surface area contributed by atoms with Crippen LogP contribution in [-0.2, 0) is 4.74 Å². The first-order valence-corrected chi connectivity index (χ1v) is 9.68. The van der Waals surface area contributed by atoms with Gasteiger partial charge < -0.3 is 20.4 Å². The van der Waals surface area contributed by atoms with Gasteiger partial charge in [-0.1, -0.05) is 12.0 Å². The zero-order valence-corrected chi connectivity index (χ0v) is 16.4. The Morgan fingerprint density at radius 1 is 1.33 bits per heavy atom. The number of morpholine rings is 1. The van der Waals surface area contributed by atoms with Gasteiger partial charge in [0.2, 0.25) is 5.43 Å². The van der Waals surface area contributed by atoms with Gasteiger partial charge in [-0.05, 0) is 24.5 Å². The summed E-state index contributed by atoms with van der Waals surface area (Å²) in [5.41, 5.74) is 9.64. The van der Waals surface area contributed by atoms with Crippen LogP contribution in [0.2, 0.25) is 0 Å². The first-order chi connectivity index (χ1) is 14.5. The van der Waals surface area contributed by atoms with Crippen molar-refractivity contribution in [2.75, 3.05) is 32.8 Å². The first kappa shape index (κ1) is 18.4. The number of primary amides is 1. The molecule has 0 radical (unpaired) electrons. The summed E-state index contributed by atoms with van der Waals surface area (Å²) >= 11 is 0. The molecule has 0 saturated carbocycles. The number of rotatable bonds is 2. The van der Waals surface area contributed by atoms with Crippen LogP contribution in [0.5, 0.6) is 0 Å². The molecule has 0 spiro atoms. The average molecular weight is 404 g/mol. The molecule has 1 amide bonds. The highest BCUT2D eigenvalue weighted by atomic mass is 16.5. The molecule has 30 heavy (non-hydrogen) atoms. The highest BCUT2D eigenvalue weighted by molar-refractivity contribution is 6.12. The predicted octanol–water partition coefficient (Wildman–Crippen LogP) is 0.748. The van der Waals surface area contributed by atoms with Crippen LogP contribution >= 0.6 is 0 Å². The topological polar surface area (TPSA) is 122 Å². The Morgan fingerprint density at radius 2 is 2.13 bits per heavy atom. The highest BCUT2D eigenvalue weighted by Crippen LogP contribution is 2.28. The van der Waals surface area contributed by atoms with E-state index in [1.165, 1.54) is 6.07 Å². The van der Waals surface area contributed by atoms with Gasteiger partial charge in [-0.15, -0.1) is 0 Å². The van der Waals surface area contributed by atoms with Crippen molar-refractivity contribution >= 4 is 33.8 Å². The van der Waals surface area contributed by atoms with Crippen molar-refractivity contribution < 1.29 is 9.53 Å². The fraction of sp³-hybridized carbons (Fsp3) is 0.286. The normalized spacial score (nSPS) is 15.0. The molecule has 1 aliphatic rings. The summed E-state index contributed by atoms with van der Waals surface area (Å²) in [6.07, 6.45) is 1.70. The van der Waals surface area contributed by atoms with Crippen LogP contribution < -0.4 is 11.2 Å². The molecular weight excluding hydrogens is 384 g/mol. The third-order valence-electron chi connectivity index (χ3n) is 5.39. The maximum Gasteiger partial charge on any atom is 0.254 e. The summed E-state index contributed by atoms with van der Waals surface area (Å²) in [5, 5.41) is 0. The molecule has 5 rings (SSSR count). The molecule has 1 aromatic carbocycles. The van der Waals surface area contributed by atoms with Crippen LogP contribution in [0.3, 0.4) is 0 Å². The maximum absolute atomic E-state index is 12.3. The zero-order chi connectivity index (χ0) is 20.8. The van der Waals surface area contributed by atoms with Crippen LogP contribution in [0.4, 0.5) is 0 Å². The van der Waals surface area contributed by atoms with E-state index in [2.05, 4.69) is 31.7 Å². The number of fused-ring (bicyclic) bond motifs is 5. The molecule has 1 aliphatic heterocycles. The van der Waals surface area contributed by atoms with E-state index in [1.54, 1.807) is 16.7 Å². The Morgan fingerprint density at radius 3 is 2.90 bits per heavy atom. The van der Waals surface area contributed by atoms with Crippen molar-refractivity contribution in [3.63, 3.8) is 0 Å². The molecule has 152 valence electrons. The van der Waals surface area contributed by atoms with E-state index in [4.69, 9.17) is 10.5 Å². The lowest BCUT2D eigenvalue weighted by molar-refractivity contribution is 0.0443. The fourth-order valence-corrected chi connectivity index (χ4v) is 3.92. The molecule has 4 heterocycles. The highest BCUT2D eigenvalue weighted by Gasteiger charge is 2.23. The van der Waals surface area contributed by atoms with Gasteiger partial charge in [0, 0.05) is 19.3 Å². The molecule has 1 fully saturated rings. The molecule has 0 unspecified atom stereocenters. The van der Waals surface area contributed by atoms with Crippen molar-refractivity contribution in [3.05, 3.63) is 45.4 Å². The second-order valence-corrected chi connectivity index (χ2v) is 7.33. The number of hydrogen-bond donors (Lipinski definition) is 3. The Hall–Kier alpha value is -3.61. The molecule has 0 bridgehead atoms. The van der Waals surface area contributed by atoms with Crippen LogP contribution in [-0.4, -0.2) is 63.0 Å². The molecule has 0 atom stereocenters. The van der Waals surface area contributed by atoms with Gasteiger partial charge in [-0.25, -0.2) is 4.98 Å². The van der Waals surface area contributed by atoms with Crippen molar-refractivity contribution in [2.45, 2.75) is 6.92 Å². The Labute approximate surface area is 170 Å². The Balaban J connectivity index is 1.69. The summed E-state index contributed by atoms with van der Waals surface area (Å²) in [6, 6.07) is 3.23. The standard InChI is InChI=1S/C21H20N6O3/c1-12-4-5-14(28)16-18(12)27-20(25-16)15(19(22)29)17-21(27)24-13(11-23-17)3-2-6-26-7-9-30-10-8-26/h4-5,11,23-24H,6-10H2,1H3,(H2,22,29). The van der Waals surface area contributed by atoms with E-state index < -0.39 is 5.91 Å². The average Bonchev–Trinajstić information content (AvgIpc) is 3.27. The van der Waals surface area contributed by atoms with Gasteiger partial charge >= 0.3 is 0 Å². The van der Waals surface area contributed by atoms with Gasteiger partial charge in [0.25, 0.3) is 5.91 Å². The summed E-state index contributed by atoms with van der Waals surface area (Å²) in [4.78, 5) is 37.6. The summed E-state index contributed by atoms with van der Waals surface area (Å²) in [6.45, 7) is 5.73. The third kappa shape index (κ3) is 2.85. The van der Waals surface area contributed by atoms with Gasteiger partial charge in [0.05, 0.1) is 30.8 Å². The predicted molar refractivity (Wildman–Crippen MR) is 113 cm³/mol. The van der Waals surface area contributed by atoms with Crippen LogP contribution in [0.15, 0.2) is 23.1 Å². The number of nitrogens with zero attached hydrogens (tertiary/aromatic N) is 3. The van der Waals surface area contributed by atoms with E-state index in [1.807, 2.05) is 6.92 Å². The number of H-pyrrole nitrogens is 2. The van der Waals surface area contributed by atoms with E-state index in [9.17, 15) is 9.59 Å². The van der Waals surface area contributed by atoms with Crippen molar-refractivity contribution in [1.29, 1.82) is 0 Å². The summed E-state index contributed by atoms with van der Waals surface area (Å²) in [7, 11) is 0. The maximum atomic E-state index is 12.3. The number of imidazole rings is 1. The Kier molecular flexibility index (Phi) is 4.31. The number of amides is 1.